The quantitative estimate of drug-likeness (QED) is 0.242. The van der Waals surface area contributed by atoms with Crippen LogP contribution < -0.4 is 15.6 Å². The Kier molecular flexibility index (Phi) is 10.3. The second-order valence-corrected chi connectivity index (χ2v) is 14.5. The van der Waals surface area contributed by atoms with E-state index in [-0.39, 0.29) is 48.8 Å². The number of cyclic esters (lactones) is 1. The third-order valence-corrected chi connectivity index (χ3v) is 11.1. The average molecular weight is 730 g/mol. The number of aliphatic hydroxyl groups excluding tert-OH is 1. The summed E-state index contributed by atoms with van der Waals surface area (Å²) < 4.78 is 18.7. The van der Waals surface area contributed by atoms with Crippen LogP contribution in [-0.4, -0.2) is 93.3 Å². The zero-order valence-electron chi connectivity index (χ0n) is 30.6. The van der Waals surface area contributed by atoms with Gasteiger partial charge < -0.3 is 39.0 Å². The molecule has 6 heterocycles. The fourth-order valence-electron chi connectivity index (χ4n) is 8.37. The Morgan fingerprint density at radius 2 is 1.81 bits per heavy atom. The first kappa shape index (κ1) is 36.5. The summed E-state index contributed by atoms with van der Waals surface area (Å²) in [5.74, 6) is -1.84. The van der Waals surface area contributed by atoms with E-state index in [0.717, 1.165) is 42.4 Å². The molecule has 2 fully saturated rings. The molecule has 0 aliphatic carbocycles. The Balaban J connectivity index is 1.15. The summed E-state index contributed by atoms with van der Waals surface area (Å²) in [6.45, 7) is 8.14. The van der Waals surface area contributed by atoms with E-state index in [1.54, 1.807) is 34.6 Å². The van der Waals surface area contributed by atoms with Gasteiger partial charge in [0, 0.05) is 35.6 Å². The van der Waals surface area contributed by atoms with Gasteiger partial charge in [-0.25, -0.2) is 14.6 Å². The maximum absolute atomic E-state index is 14.1. The number of likely N-dealkylation sites (tertiary alicyclic amines) is 2. The number of piperidine rings is 2. The van der Waals surface area contributed by atoms with Crippen LogP contribution in [-0.2, 0) is 49.0 Å². The van der Waals surface area contributed by atoms with Crippen molar-refractivity contribution < 1.29 is 38.5 Å². The van der Waals surface area contributed by atoms with Gasteiger partial charge in [0.15, 0.2) is 0 Å². The minimum Gasteiger partial charge on any atom is -0.457 e. The van der Waals surface area contributed by atoms with Crippen LogP contribution >= 0.6 is 0 Å². The van der Waals surface area contributed by atoms with Gasteiger partial charge in [-0.3, -0.25) is 14.4 Å². The van der Waals surface area contributed by atoms with E-state index in [1.807, 2.05) is 13.0 Å². The number of esters is 2. The number of pyridine rings is 2. The lowest BCUT2D eigenvalue weighted by molar-refractivity contribution is -0.189. The van der Waals surface area contributed by atoms with Crippen molar-refractivity contribution in [2.45, 2.75) is 103 Å². The lowest BCUT2D eigenvalue weighted by Gasteiger charge is -2.39. The third-order valence-electron chi connectivity index (χ3n) is 11.1. The van der Waals surface area contributed by atoms with E-state index >= 15 is 0 Å². The van der Waals surface area contributed by atoms with Crippen molar-refractivity contribution in [3.8, 4) is 17.1 Å². The standard InChI is InChI=1S/C39H47N5O9/c1-4-26-27-18-25(52-38(50)43-15-11-24(12-16-43)42-13-7-6-8-14-42)9-10-31(27)41-35-28(26)21-44-32(35)19-30-29(36(44)48)22-51-37(49)39(30,5-2)53-34(47)20-40-33(46)17-23(3)45/h9-10,18-19,23-24,45H,4-8,11-17,20-22H2,1-3H3,(H,40,46)/t23?,39-/m0/s1. The van der Waals surface area contributed by atoms with Gasteiger partial charge in [0.05, 0.1) is 41.5 Å². The smallest absolute Gasteiger partial charge is 0.415 e. The molecule has 4 aliphatic heterocycles. The molecule has 2 N–H and O–H groups in total. The molecule has 14 heteroatoms. The van der Waals surface area contributed by atoms with Crippen molar-refractivity contribution in [3.63, 3.8) is 0 Å². The van der Waals surface area contributed by atoms with E-state index in [0.29, 0.717) is 48.2 Å². The Bertz CT molecular complexity index is 2010. The van der Waals surface area contributed by atoms with Crippen LogP contribution in [0.4, 0.5) is 4.79 Å². The normalized spacial score (nSPS) is 20.6. The highest BCUT2D eigenvalue weighted by molar-refractivity contribution is 5.91. The number of aromatic nitrogens is 2. The molecule has 0 radical (unpaired) electrons. The van der Waals surface area contributed by atoms with Crippen LogP contribution in [0.25, 0.3) is 22.3 Å². The number of aliphatic hydroxyl groups is 1. The predicted octanol–water partition coefficient (Wildman–Crippen LogP) is 3.53. The van der Waals surface area contributed by atoms with Crippen molar-refractivity contribution in [3.05, 3.63) is 56.9 Å². The number of hydrogen-bond donors (Lipinski definition) is 2. The molecule has 1 aromatic carbocycles. The maximum Gasteiger partial charge on any atom is 0.415 e. The van der Waals surface area contributed by atoms with Gasteiger partial charge >= 0.3 is 18.0 Å². The number of carbonyl (C=O) groups excluding carboxylic acids is 4. The van der Waals surface area contributed by atoms with Crippen LogP contribution in [0.2, 0.25) is 0 Å². The molecule has 53 heavy (non-hydrogen) atoms. The Morgan fingerprint density at radius 3 is 2.51 bits per heavy atom. The second kappa shape index (κ2) is 14.9. The molecule has 7 rings (SSSR count). The van der Waals surface area contributed by atoms with Gasteiger partial charge in [0.1, 0.15) is 18.9 Å². The summed E-state index contributed by atoms with van der Waals surface area (Å²) in [7, 11) is 0. The fourth-order valence-corrected chi connectivity index (χ4v) is 8.37. The number of ether oxygens (including phenoxy) is 3. The zero-order chi connectivity index (χ0) is 37.4. The van der Waals surface area contributed by atoms with Crippen LogP contribution in [0.1, 0.15) is 88.0 Å². The molecule has 4 aliphatic rings. The highest BCUT2D eigenvalue weighted by atomic mass is 16.6. The van der Waals surface area contributed by atoms with Gasteiger partial charge in [0.25, 0.3) is 5.56 Å². The monoisotopic (exact) mass is 729 g/mol. The van der Waals surface area contributed by atoms with E-state index in [2.05, 4.69) is 10.2 Å². The first-order chi connectivity index (χ1) is 25.5. The van der Waals surface area contributed by atoms with Gasteiger partial charge in [-0.1, -0.05) is 20.3 Å². The van der Waals surface area contributed by atoms with Crippen LogP contribution in [0.3, 0.4) is 0 Å². The first-order valence-corrected chi connectivity index (χ1v) is 18.8. The van der Waals surface area contributed by atoms with Gasteiger partial charge in [0.2, 0.25) is 11.5 Å². The zero-order valence-corrected chi connectivity index (χ0v) is 30.6. The number of carbonyl (C=O) groups is 4. The highest BCUT2D eigenvalue weighted by Crippen LogP contribution is 2.42. The minimum atomic E-state index is -1.91. The van der Waals surface area contributed by atoms with Gasteiger partial charge in [-0.05, 0) is 88.4 Å². The Hall–Kier alpha value is -4.82. The lowest BCUT2D eigenvalue weighted by atomic mass is 9.85. The molecule has 2 atom stereocenters. The third kappa shape index (κ3) is 6.90. The minimum absolute atomic E-state index is 0.0226. The molecular weight excluding hydrogens is 682 g/mol. The summed E-state index contributed by atoms with van der Waals surface area (Å²) >= 11 is 0. The van der Waals surface area contributed by atoms with Gasteiger partial charge in [-0.15, -0.1) is 0 Å². The summed E-state index contributed by atoms with van der Waals surface area (Å²) in [5.41, 5.74) is 1.65. The number of amides is 2. The number of hydrogen-bond acceptors (Lipinski definition) is 11. The molecule has 282 valence electrons. The Morgan fingerprint density at radius 1 is 1.06 bits per heavy atom. The number of rotatable bonds is 9. The summed E-state index contributed by atoms with van der Waals surface area (Å²) in [5, 5.41) is 12.7. The number of nitrogens with one attached hydrogen (secondary N) is 1. The summed E-state index contributed by atoms with van der Waals surface area (Å²) in [6, 6.07) is 7.58. The van der Waals surface area contributed by atoms with Crippen molar-refractivity contribution in [2.24, 2.45) is 0 Å². The van der Waals surface area contributed by atoms with Gasteiger partial charge in [-0.2, -0.15) is 0 Å². The largest absolute Gasteiger partial charge is 0.457 e. The first-order valence-electron chi connectivity index (χ1n) is 18.8. The van der Waals surface area contributed by atoms with Crippen LogP contribution in [0, 0.1) is 0 Å². The van der Waals surface area contributed by atoms with E-state index in [1.165, 1.54) is 26.2 Å². The van der Waals surface area contributed by atoms with Crippen molar-refractivity contribution >= 4 is 34.8 Å². The Labute approximate surface area is 307 Å². The number of aryl methyl sites for hydroxylation is 1. The average Bonchev–Trinajstić information content (AvgIpc) is 3.52. The van der Waals surface area contributed by atoms with Crippen LogP contribution in [0.15, 0.2) is 29.1 Å². The molecule has 0 saturated carbocycles. The number of fused-ring (bicyclic) bond motifs is 5. The molecule has 1 unspecified atom stereocenters. The molecule has 0 bridgehead atoms. The highest BCUT2D eigenvalue weighted by Gasteiger charge is 2.50. The van der Waals surface area contributed by atoms with Crippen molar-refractivity contribution in [1.29, 1.82) is 0 Å². The van der Waals surface area contributed by atoms with E-state index < -0.39 is 36.1 Å². The molecule has 2 saturated heterocycles. The summed E-state index contributed by atoms with van der Waals surface area (Å²) in [6.07, 6.45) is 4.80. The second-order valence-electron chi connectivity index (χ2n) is 14.5. The number of nitrogens with zero attached hydrogens (tertiary/aromatic N) is 4. The predicted molar refractivity (Wildman–Crippen MR) is 193 cm³/mol. The fraction of sp³-hybridized carbons (Fsp3) is 0.538. The van der Waals surface area contributed by atoms with Crippen LogP contribution in [0.5, 0.6) is 5.75 Å². The lowest BCUT2D eigenvalue weighted by Crippen LogP contribution is -2.48. The molecule has 2 amide bonds. The SMILES string of the molecule is CCc1c2c(nc3ccc(OC(=O)N4CCC(N5CCCCC5)CC4)cc13)-c1cc3c(c(=O)n1C2)COC(=O)[C@@]3(CC)OC(=O)CNC(=O)CC(C)O. The summed E-state index contributed by atoms with van der Waals surface area (Å²) in [4.78, 5) is 75.1. The molecule has 2 aromatic heterocycles. The topological polar surface area (TPSA) is 170 Å². The molecule has 14 nitrogen and oxygen atoms in total. The van der Waals surface area contributed by atoms with E-state index in [9.17, 15) is 29.1 Å². The molecular formula is C39H47N5O9. The van der Waals surface area contributed by atoms with Crippen molar-refractivity contribution in [2.75, 3.05) is 32.7 Å². The molecule has 3 aromatic rings. The number of benzene rings is 1. The van der Waals surface area contributed by atoms with E-state index in [4.69, 9.17) is 19.2 Å². The van der Waals surface area contributed by atoms with Crippen molar-refractivity contribution in [1.82, 2.24) is 24.7 Å². The maximum atomic E-state index is 14.1. The molecule has 0 spiro atoms.